The zero-order chi connectivity index (χ0) is 13.2. The highest BCUT2D eigenvalue weighted by molar-refractivity contribution is 7.89. The molecule has 0 aliphatic heterocycles. The third-order valence-corrected chi connectivity index (χ3v) is 6.71. The molecule has 0 saturated heterocycles. The van der Waals surface area contributed by atoms with Crippen LogP contribution >= 0.6 is 0 Å². The number of sulfonamides is 1. The first-order chi connectivity index (χ1) is 9.10. The molecule has 19 heavy (non-hydrogen) atoms. The summed E-state index contributed by atoms with van der Waals surface area (Å²) in [6.07, 6.45) is 5.45. The molecule has 1 heterocycles. The molecule has 3 aliphatic rings. The van der Waals surface area contributed by atoms with Crippen LogP contribution in [0.3, 0.4) is 0 Å². The van der Waals surface area contributed by atoms with Crippen molar-refractivity contribution in [3.63, 3.8) is 0 Å². The largest absolute Gasteiger partial charge is 0.363 e. The average molecular weight is 281 g/mol. The highest BCUT2D eigenvalue weighted by Gasteiger charge is 2.65. The lowest BCUT2D eigenvalue weighted by Crippen LogP contribution is -2.29. The first-order valence-corrected chi connectivity index (χ1v) is 8.48. The van der Waals surface area contributed by atoms with E-state index in [2.05, 4.69) is 9.71 Å². The molecular weight excluding hydrogens is 262 g/mol. The maximum atomic E-state index is 12.3. The Hall–Kier alpha value is -0.850. The van der Waals surface area contributed by atoms with Gasteiger partial charge in [-0.2, -0.15) is 0 Å². The number of rotatable bonds is 4. The van der Waals surface area contributed by atoms with Gasteiger partial charge in [0.1, 0.15) is 0 Å². The Balaban J connectivity index is 1.51. The summed E-state index contributed by atoms with van der Waals surface area (Å²) in [5.41, 5.74) is 6.24. The van der Waals surface area contributed by atoms with Crippen molar-refractivity contribution in [2.75, 3.05) is 0 Å². The van der Waals surface area contributed by atoms with Gasteiger partial charge < -0.3 is 10.7 Å². The molecule has 4 unspecified atom stereocenters. The molecule has 3 fully saturated rings. The van der Waals surface area contributed by atoms with Crippen LogP contribution < -0.4 is 10.5 Å². The molecule has 1 aromatic rings. The first-order valence-electron chi connectivity index (χ1n) is 7.00. The van der Waals surface area contributed by atoms with Gasteiger partial charge in [-0.05, 0) is 49.0 Å². The summed E-state index contributed by atoms with van der Waals surface area (Å²) in [7, 11) is -3.38. The first kappa shape index (κ1) is 11.9. The SMILES string of the molecule is NCc1cc(S(=O)(=O)NC2C3C4CCC(C4)C23)c[nH]1. The van der Waals surface area contributed by atoms with E-state index >= 15 is 0 Å². The molecule has 4 atom stereocenters. The van der Waals surface area contributed by atoms with Gasteiger partial charge in [0.25, 0.3) is 0 Å². The Kier molecular flexibility index (Phi) is 2.41. The minimum atomic E-state index is -3.38. The molecule has 1 aromatic heterocycles. The van der Waals surface area contributed by atoms with Gasteiger partial charge in [0.2, 0.25) is 10.0 Å². The normalized spacial score (nSPS) is 39.5. The highest BCUT2D eigenvalue weighted by atomic mass is 32.2. The van der Waals surface area contributed by atoms with E-state index in [0.717, 1.165) is 17.5 Å². The second kappa shape index (κ2) is 3.84. The van der Waals surface area contributed by atoms with Gasteiger partial charge in [0, 0.05) is 24.5 Å². The van der Waals surface area contributed by atoms with E-state index < -0.39 is 10.0 Å². The standard InChI is InChI=1S/C13H19N3O2S/c14-5-9-4-10(6-15-9)19(17,18)16-13-11-7-1-2-8(3-7)12(11)13/h4,6-8,11-13,15-16H,1-3,5,14H2. The zero-order valence-electron chi connectivity index (χ0n) is 10.7. The summed E-state index contributed by atoms with van der Waals surface area (Å²) >= 11 is 0. The lowest BCUT2D eigenvalue weighted by Gasteiger charge is -2.10. The third-order valence-electron chi connectivity index (χ3n) is 5.27. The van der Waals surface area contributed by atoms with Crippen LogP contribution in [0.1, 0.15) is 25.0 Å². The van der Waals surface area contributed by atoms with Crippen LogP contribution in [0.15, 0.2) is 17.2 Å². The molecule has 6 heteroatoms. The van der Waals surface area contributed by atoms with Crippen LogP contribution in [0.4, 0.5) is 0 Å². The van der Waals surface area contributed by atoms with Crippen LogP contribution in [0.25, 0.3) is 0 Å². The Morgan fingerprint density at radius 3 is 2.58 bits per heavy atom. The van der Waals surface area contributed by atoms with E-state index in [1.807, 2.05) is 0 Å². The van der Waals surface area contributed by atoms with Crippen molar-refractivity contribution in [2.45, 2.75) is 36.7 Å². The number of H-pyrrole nitrogens is 1. The van der Waals surface area contributed by atoms with Gasteiger partial charge in [-0.3, -0.25) is 0 Å². The van der Waals surface area contributed by atoms with Gasteiger partial charge in [-0.15, -0.1) is 0 Å². The fourth-order valence-electron chi connectivity index (χ4n) is 4.42. The summed E-state index contributed by atoms with van der Waals surface area (Å²) in [6.45, 7) is 0.328. The summed E-state index contributed by atoms with van der Waals surface area (Å²) in [4.78, 5) is 3.20. The van der Waals surface area contributed by atoms with Gasteiger partial charge in [0.15, 0.2) is 0 Å². The quantitative estimate of drug-likeness (QED) is 0.762. The second-order valence-corrected chi connectivity index (χ2v) is 7.91. The van der Waals surface area contributed by atoms with Crippen molar-refractivity contribution in [3.8, 4) is 0 Å². The maximum Gasteiger partial charge on any atom is 0.242 e. The second-order valence-electron chi connectivity index (χ2n) is 6.20. The predicted molar refractivity (Wildman–Crippen MR) is 70.6 cm³/mol. The molecular formula is C13H19N3O2S. The molecule has 2 bridgehead atoms. The van der Waals surface area contributed by atoms with Crippen molar-refractivity contribution >= 4 is 10.0 Å². The Labute approximate surface area is 113 Å². The van der Waals surface area contributed by atoms with Crippen molar-refractivity contribution in [3.05, 3.63) is 18.0 Å². The lowest BCUT2D eigenvalue weighted by atomic mass is 10.0. The molecule has 4 rings (SSSR count). The van der Waals surface area contributed by atoms with Crippen LogP contribution in [0.5, 0.6) is 0 Å². The van der Waals surface area contributed by atoms with Crippen LogP contribution in [0.2, 0.25) is 0 Å². The van der Waals surface area contributed by atoms with E-state index in [1.165, 1.54) is 25.5 Å². The lowest BCUT2D eigenvalue weighted by molar-refractivity contribution is 0.456. The number of nitrogens with one attached hydrogen (secondary N) is 2. The molecule has 3 saturated carbocycles. The number of hydrogen-bond acceptors (Lipinski definition) is 3. The number of nitrogens with two attached hydrogens (primary N) is 1. The fraction of sp³-hybridized carbons (Fsp3) is 0.692. The fourth-order valence-corrected chi connectivity index (χ4v) is 5.74. The van der Waals surface area contributed by atoms with E-state index in [0.29, 0.717) is 23.3 Å². The van der Waals surface area contributed by atoms with Gasteiger partial charge in [-0.25, -0.2) is 13.1 Å². The van der Waals surface area contributed by atoms with Crippen molar-refractivity contribution < 1.29 is 8.42 Å². The van der Waals surface area contributed by atoms with Crippen LogP contribution in [-0.4, -0.2) is 19.4 Å². The van der Waals surface area contributed by atoms with Crippen molar-refractivity contribution in [2.24, 2.45) is 29.4 Å². The minimum absolute atomic E-state index is 0.187. The van der Waals surface area contributed by atoms with Gasteiger partial charge in [-0.1, -0.05) is 0 Å². The molecule has 0 amide bonds. The minimum Gasteiger partial charge on any atom is -0.363 e. The number of fused-ring (bicyclic) bond motifs is 5. The van der Waals surface area contributed by atoms with Crippen LogP contribution in [0, 0.1) is 23.7 Å². The van der Waals surface area contributed by atoms with Gasteiger partial charge in [0.05, 0.1) is 4.90 Å². The summed E-state index contributed by atoms with van der Waals surface area (Å²) in [6, 6.07) is 1.81. The molecule has 0 radical (unpaired) electrons. The van der Waals surface area contributed by atoms with Crippen molar-refractivity contribution in [1.82, 2.24) is 9.71 Å². The monoisotopic (exact) mass is 281 g/mol. The highest BCUT2D eigenvalue weighted by Crippen LogP contribution is 2.65. The third kappa shape index (κ3) is 1.70. The Morgan fingerprint density at radius 1 is 1.32 bits per heavy atom. The summed E-state index contributed by atoms with van der Waals surface area (Å²) in [5, 5.41) is 0. The van der Waals surface area contributed by atoms with E-state index in [9.17, 15) is 8.42 Å². The van der Waals surface area contributed by atoms with Crippen molar-refractivity contribution in [1.29, 1.82) is 0 Å². The molecule has 4 N–H and O–H groups in total. The molecule has 104 valence electrons. The maximum absolute atomic E-state index is 12.3. The number of hydrogen-bond donors (Lipinski definition) is 3. The smallest absolute Gasteiger partial charge is 0.242 e. The average Bonchev–Trinajstić information content (AvgIpc) is 2.88. The summed E-state index contributed by atoms with van der Waals surface area (Å²) in [5.74, 6) is 2.77. The molecule has 0 aromatic carbocycles. The topological polar surface area (TPSA) is 88.0 Å². The summed E-state index contributed by atoms with van der Waals surface area (Å²) < 4.78 is 27.5. The molecule has 3 aliphatic carbocycles. The Morgan fingerprint density at radius 2 is 2.00 bits per heavy atom. The number of aromatic nitrogens is 1. The number of aromatic amines is 1. The zero-order valence-corrected chi connectivity index (χ0v) is 11.5. The Bertz CT molecular complexity index is 593. The van der Waals surface area contributed by atoms with E-state index in [4.69, 9.17) is 5.73 Å². The van der Waals surface area contributed by atoms with Gasteiger partial charge >= 0.3 is 0 Å². The van der Waals surface area contributed by atoms with E-state index in [-0.39, 0.29) is 6.04 Å². The van der Waals surface area contributed by atoms with Crippen LogP contribution in [-0.2, 0) is 16.6 Å². The molecule has 5 nitrogen and oxygen atoms in total. The van der Waals surface area contributed by atoms with E-state index in [1.54, 1.807) is 6.07 Å². The predicted octanol–water partition coefficient (Wildman–Crippen LogP) is 0.796. The molecule has 0 spiro atoms.